The molecule has 0 amide bonds. The molecule has 2 saturated carbocycles. The van der Waals surface area contributed by atoms with Gasteiger partial charge < -0.3 is 16.4 Å². The molecule has 5 rings (SSSR count). The normalized spacial score (nSPS) is 20.9. The highest BCUT2D eigenvalue weighted by atomic mass is 19.1. The fourth-order valence-electron chi connectivity index (χ4n) is 8.09. The van der Waals surface area contributed by atoms with Gasteiger partial charge in [-0.25, -0.2) is 4.39 Å². The predicted molar refractivity (Wildman–Crippen MR) is 278 cm³/mol. The molecule has 3 nitrogen and oxygen atoms in total. The Morgan fingerprint density at radius 1 is 0.836 bits per heavy atom. The zero-order valence-corrected chi connectivity index (χ0v) is 44.9. The molecule has 0 bridgehead atoms. The van der Waals surface area contributed by atoms with Gasteiger partial charge in [-0.3, -0.25) is 0 Å². The van der Waals surface area contributed by atoms with Gasteiger partial charge in [-0.15, -0.1) is 0 Å². The highest BCUT2D eigenvalue weighted by molar-refractivity contribution is 5.43. The van der Waals surface area contributed by atoms with Crippen LogP contribution in [-0.4, -0.2) is 6.54 Å². The van der Waals surface area contributed by atoms with Crippen LogP contribution < -0.4 is 16.4 Å². The van der Waals surface area contributed by atoms with Crippen molar-refractivity contribution < 1.29 is 4.39 Å². The number of dihydropyridines is 2. The van der Waals surface area contributed by atoms with Gasteiger partial charge in [0.05, 0.1) is 12.6 Å². The third-order valence-electron chi connectivity index (χ3n) is 12.7. The first-order valence-corrected chi connectivity index (χ1v) is 25.6. The van der Waals surface area contributed by atoms with E-state index < -0.39 is 0 Å². The number of rotatable bonds is 11. The molecule has 4 unspecified atom stereocenters. The predicted octanol–water partition coefficient (Wildman–Crippen LogP) is 18.4. The van der Waals surface area contributed by atoms with Crippen LogP contribution in [0.4, 0.5) is 4.39 Å². The molecule has 1 aromatic rings. The lowest BCUT2D eigenvalue weighted by Gasteiger charge is -2.43. The van der Waals surface area contributed by atoms with Crippen molar-refractivity contribution in [2.24, 2.45) is 40.7 Å². The molecule has 1 aromatic carbocycles. The summed E-state index contributed by atoms with van der Waals surface area (Å²) in [7, 11) is 0. The standard InChI is InChI=1S/C27H42N2.C8H18.C6H12.C5H6FN.C4H10.C3H8.2C2H6/c1-7-12-27(8-2,16-15-26(6)13-9-14-26)23-11-10-22(17-19(23)3)25-18-24(28)20(4)21(5)29-25;1-5-7(3)8(4)6-2;1-5-3-6(2)4-5;6-5-2-1-3-7-4-5;1-4(2)3;1-3-2;2*1-2/h10-11,17-18,25,29H,7-9,12-16,28H2,1-6H3;7-8H,5-6H2,1-4H3;5-6H,3-4H2,1-2H3;1-3,7H,4H2;4H,1-3H3;3H2,1-2H3;2*1-2H3. The fraction of sp³-hybridized carbons (Fsp3) is 0.754. The Labute approximate surface area is 383 Å². The molecular formula is C57H108FN3. The molecule has 2 fully saturated rings. The maximum atomic E-state index is 11.9. The van der Waals surface area contributed by atoms with Gasteiger partial charge in [0, 0.05) is 11.4 Å². The second kappa shape index (κ2) is 35.9. The summed E-state index contributed by atoms with van der Waals surface area (Å²) >= 11 is 0. The number of halogens is 1. The number of benzene rings is 1. The van der Waals surface area contributed by atoms with Crippen LogP contribution in [0, 0.1) is 41.9 Å². The van der Waals surface area contributed by atoms with Crippen LogP contribution in [0.25, 0.3) is 0 Å². The molecule has 4 heteroatoms. The average molecular weight is 855 g/mol. The van der Waals surface area contributed by atoms with Crippen LogP contribution in [0.15, 0.2) is 65.4 Å². The van der Waals surface area contributed by atoms with Crippen LogP contribution in [0.2, 0.25) is 0 Å². The Morgan fingerprint density at radius 3 is 1.64 bits per heavy atom. The van der Waals surface area contributed by atoms with Crippen LogP contribution in [-0.2, 0) is 5.41 Å². The van der Waals surface area contributed by atoms with Crippen molar-refractivity contribution in [3.8, 4) is 0 Å². The van der Waals surface area contributed by atoms with E-state index in [0.717, 1.165) is 40.9 Å². The van der Waals surface area contributed by atoms with Crippen LogP contribution in [0.1, 0.15) is 245 Å². The van der Waals surface area contributed by atoms with Crippen molar-refractivity contribution in [3.63, 3.8) is 0 Å². The maximum absolute atomic E-state index is 11.9. The van der Waals surface area contributed by atoms with Gasteiger partial charge in [-0.05, 0) is 159 Å². The molecule has 0 aromatic heterocycles. The zero-order valence-electron chi connectivity index (χ0n) is 44.9. The van der Waals surface area contributed by atoms with Crippen molar-refractivity contribution >= 4 is 0 Å². The fourth-order valence-corrected chi connectivity index (χ4v) is 8.09. The highest BCUT2D eigenvalue weighted by Crippen LogP contribution is 2.49. The molecule has 2 aliphatic carbocycles. The second-order valence-electron chi connectivity index (χ2n) is 19.4. The van der Waals surface area contributed by atoms with E-state index in [1.165, 1.54) is 106 Å². The van der Waals surface area contributed by atoms with E-state index in [4.69, 9.17) is 5.73 Å². The van der Waals surface area contributed by atoms with E-state index in [1.54, 1.807) is 17.8 Å². The summed E-state index contributed by atoms with van der Waals surface area (Å²) in [4.78, 5) is 0. The van der Waals surface area contributed by atoms with Gasteiger partial charge >= 0.3 is 0 Å². The van der Waals surface area contributed by atoms with Gasteiger partial charge in [0.1, 0.15) is 5.83 Å². The van der Waals surface area contributed by atoms with Gasteiger partial charge in [-0.2, -0.15) is 0 Å². The summed E-state index contributed by atoms with van der Waals surface area (Å²) in [5.41, 5.74) is 14.7. The molecule has 4 aliphatic rings. The summed E-state index contributed by atoms with van der Waals surface area (Å²) in [5.74, 6) is 4.64. The molecule has 0 saturated heterocycles. The Bertz CT molecular complexity index is 1330. The topological polar surface area (TPSA) is 50.1 Å². The average Bonchev–Trinajstić information content (AvgIpc) is 3.22. The molecule has 2 heterocycles. The first kappa shape index (κ1) is 62.8. The van der Waals surface area contributed by atoms with Crippen molar-refractivity contribution in [1.29, 1.82) is 0 Å². The van der Waals surface area contributed by atoms with E-state index in [2.05, 4.69) is 153 Å². The number of nitrogens with two attached hydrogens (primary N) is 1. The largest absolute Gasteiger partial charge is 0.399 e. The van der Waals surface area contributed by atoms with E-state index in [1.807, 2.05) is 27.7 Å². The summed E-state index contributed by atoms with van der Waals surface area (Å²) in [5, 5.41) is 6.33. The Hall–Kier alpha value is -2.49. The first-order chi connectivity index (χ1) is 28.8. The molecular weight excluding hydrogens is 746 g/mol. The highest BCUT2D eigenvalue weighted by Gasteiger charge is 2.37. The van der Waals surface area contributed by atoms with E-state index >= 15 is 0 Å². The Morgan fingerprint density at radius 2 is 1.34 bits per heavy atom. The SMILES string of the molecule is CC.CC.CC(C)C.CC1CC(C)C1.CCC.CCC(C)C(C)CC.CCCC(CC)(CCC1(C)CCC1)c1ccc(C2C=C(N)C(C)=C(C)N2)cc1C.FC1=CC=CNC1. The zero-order chi connectivity index (χ0) is 47.8. The lowest BCUT2D eigenvalue weighted by molar-refractivity contribution is 0.124. The third kappa shape index (κ3) is 26.0. The van der Waals surface area contributed by atoms with Gasteiger partial charge in [-0.1, -0.05) is 175 Å². The summed E-state index contributed by atoms with van der Waals surface area (Å²) in [6.07, 6.45) is 24.5. The number of nitrogens with one attached hydrogen (secondary N) is 2. The van der Waals surface area contributed by atoms with Crippen LogP contribution >= 0.6 is 0 Å². The molecule has 0 radical (unpaired) electrons. The monoisotopic (exact) mass is 854 g/mol. The lowest BCUT2D eigenvalue weighted by Crippen LogP contribution is -2.32. The van der Waals surface area contributed by atoms with Gasteiger partial charge in [0.25, 0.3) is 0 Å². The summed E-state index contributed by atoms with van der Waals surface area (Å²) < 4.78 is 11.9. The quantitative estimate of drug-likeness (QED) is 0.208. The Balaban J connectivity index is -0.000000847. The second-order valence-corrected chi connectivity index (χ2v) is 19.4. The minimum Gasteiger partial charge on any atom is -0.399 e. The summed E-state index contributed by atoms with van der Waals surface area (Å²) in [6.45, 7) is 46.7. The maximum Gasteiger partial charge on any atom is 0.119 e. The van der Waals surface area contributed by atoms with Crippen LogP contribution in [0.5, 0.6) is 0 Å². The van der Waals surface area contributed by atoms with E-state index in [-0.39, 0.29) is 11.9 Å². The van der Waals surface area contributed by atoms with Gasteiger partial charge in [0.15, 0.2) is 0 Å². The Kier molecular flexibility index (Phi) is 37.0. The van der Waals surface area contributed by atoms with E-state index in [9.17, 15) is 4.39 Å². The van der Waals surface area contributed by atoms with Crippen LogP contribution in [0.3, 0.4) is 0 Å². The third-order valence-corrected chi connectivity index (χ3v) is 12.7. The van der Waals surface area contributed by atoms with Gasteiger partial charge in [0.2, 0.25) is 0 Å². The number of hydrogen-bond donors (Lipinski definition) is 3. The first-order valence-electron chi connectivity index (χ1n) is 25.6. The molecule has 2 aliphatic heterocycles. The molecule has 358 valence electrons. The minimum absolute atomic E-state index is 0.109. The molecule has 0 spiro atoms. The smallest absolute Gasteiger partial charge is 0.119 e. The van der Waals surface area contributed by atoms with Crippen molar-refractivity contribution in [3.05, 3.63) is 82.1 Å². The molecule has 4 N–H and O–H groups in total. The van der Waals surface area contributed by atoms with Crippen molar-refractivity contribution in [2.75, 3.05) is 6.54 Å². The van der Waals surface area contributed by atoms with E-state index in [0.29, 0.717) is 17.4 Å². The summed E-state index contributed by atoms with van der Waals surface area (Å²) in [6, 6.07) is 7.33. The number of hydrogen-bond acceptors (Lipinski definition) is 3. The number of allylic oxidation sites excluding steroid dienone is 4. The van der Waals surface area contributed by atoms with Crippen molar-refractivity contribution in [2.45, 2.75) is 240 Å². The van der Waals surface area contributed by atoms with Crippen molar-refractivity contribution in [1.82, 2.24) is 10.6 Å². The molecule has 61 heavy (non-hydrogen) atoms. The number of aryl methyl sites for hydroxylation is 1. The lowest BCUT2D eigenvalue weighted by atomic mass is 9.62. The minimum atomic E-state index is -0.109. The molecule has 4 atom stereocenters.